The first-order valence-corrected chi connectivity index (χ1v) is 10.9. The number of ether oxygens (including phenoxy) is 1. The molecule has 2 amide bonds. The smallest absolute Gasteiger partial charge is 0.259 e. The van der Waals surface area contributed by atoms with Crippen LogP contribution in [0.2, 0.25) is 0 Å². The molecule has 1 spiro atoms. The molecule has 0 bridgehead atoms. The maximum absolute atomic E-state index is 14.5. The summed E-state index contributed by atoms with van der Waals surface area (Å²) in [7, 11) is 0. The summed E-state index contributed by atoms with van der Waals surface area (Å²) in [4.78, 5) is 30.3. The van der Waals surface area contributed by atoms with Gasteiger partial charge in [-0.05, 0) is 56.6 Å². The Hall–Kier alpha value is -1.95. The second-order valence-corrected chi connectivity index (χ2v) is 8.44. The average molecular weight is 405 g/mol. The topological polar surface area (TPSA) is 49.9 Å². The second kappa shape index (κ2) is 9.24. The van der Waals surface area contributed by atoms with Crippen molar-refractivity contribution in [2.45, 2.75) is 71.1 Å². The molecule has 1 aromatic carbocycles. The van der Waals surface area contributed by atoms with E-state index in [-0.39, 0.29) is 18.1 Å². The molecule has 1 atom stereocenters. The molecule has 0 unspecified atom stereocenters. The highest BCUT2D eigenvalue weighted by Gasteiger charge is 2.54. The van der Waals surface area contributed by atoms with Crippen molar-refractivity contribution in [2.75, 3.05) is 19.7 Å². The fraction of sp³-hybridized carbons (Fsp3) is 0.652. The molecular formula is C23H33FN2O3. The summed E-state index contributed by atoms with van der Waals surface area (Å²) in [5.74, 6) is -0.537. The standard InChI is InChI=1S/C23H33FN2O3/c1-4-14-25(15-5-2)22(28)20-16-29-23(12-10-17(3)11-13-23)26(20)21(27)18-8-6-7-9-19(18)24/h6-9,17,20H,4-5,10-16H2,1-3H3/t17?,20-,23?/m0/s1. The van der Waals surface area contributed by atoms with E-state index in [1.165, 1.54) is 12.1 Å². The van der Waals surface area contributed by atoms with Crippen molar-refractivity contribution >= 4 is 11.8 Å². The molecule has 3 rings (SSSR count). The molecule has 0 radical (unpaired) electrons. The molecule has 1 aliphatic carbocycles. The van der Waals surface area contributed by atoms with Crippen LogP contribution < -0.4 is 0 Å². The van der Waals surface area contributed by atoms with Crippen molar-refractivity contribution in [1.82, 2.24) is 9.80 Å². The number of carbonyl (C=O) groups excluding carboxylic acids is 2. The van der Waals surface area contributed by atoms with E-state index >= 15 is 0 Å². The van der Waals surface area contributed by atoms with Crippen LogP contribution in [-0.2, 0) is 9.53 Å². The van der Waals surface area contributed by atoms with Crippen molar-refractivity contribution in [2.24, 2.45) is 5.92 Å². The van der Waals surface area contributed by atoms with Crippen molar-refractivity contribution in [3.63, 3.8) is 0 Å². The van der Waals surface area contributed by atoms with Crippen LogP contribution in [0.15, 0.2) is 24.3 Å². The van der Waals surface area contributed by atoms with E-state index < -0.39 is 23.5 Å². The molecule has 1 saturated carbocycles. The molecule has 1 heterocycles. The average Bonchev–Trinajstić information content (AvgIpc) is 3.08. The van der Waals surface area contributed by atoms with Gasteiger partial charge in [0.2, 0.25) is 5.91 Å². The number of hydrogen-bond donors (Lipinski definition) is 0. The molecule has 29 heavy (non-hydrogen) atoms. The van der Waals surface area contributed by atoms with Gasteiger partial charge < -0.3 is 9.64 Å². The van der Waals surface area contributed by atoms with Gasteiger partial charge in [-0.1, -0.05) is 32.9 Å². The minimum Gasteiger partial charge on any atom is -0.353 e. The predicted molar refractivity (Wildman–Crippen MR) is 110 cm³/mol. The summed E-state index contributed by atoms with van der Waals surface area (Å²) in [5.41, 5.74) is -0.803. The highest BCUT2D eigenvalue weighted by molar-refractivity contribution is 5.98. The summed E-state index contributed by atoms with van der Waals surface area (Å²) in [5, 5.41) is 0. The minimum absolute atomic E-state index is 0.00586. The summed E-state index contributed by atoms with van der Waals surface area (Å²) in [6.45, 7) is 7.74. The Balaban J connectivity index is 1.96. The third-order valence-electron chi connectivity index (χ3n) is 6.22. The normalized spacial score (nSPS) is 26.7. The van der Waals surface area contributed by atoms with Crippen LogP contribution in [0.5, 0.6) is 0 Å². The van der Waals surface area contributed by atoms with Gasteiger partial charge in [-0.15, -0.1) is 0 Å². The number of hydrogen-bond acceptors (Lipinski definition) is 3. The lowest BCUT2D eigenvalue weighted by molar-refractivity contribution is -0.137. The summed E-state index contributed by atoms with van der Waals surface area (Å²) in [6, 6.07) is 5.30. The predicted octanol–water partition coefficient (Wildman–Crippen LogP) is 4.22. The van der Waals surface area contributed by atoms with Gasteiger partial charge in [-0.3, -0.25) is 14.5 Å². The van der Waals surface area contributed by atoms with Gasteiger partial charge >= 0.3 is 0 Å². The van der Waals surface area contributed by atoms with E-state index in [4.69, 9.17) is 4.74 Å². The van der Waals surface area contributed by atoms with Crippen molar-refractivity contribution in [1.29, 1.82) is 0 Å². The SMILES string of the molecule is CCCN(CCC)C(=O)[C@@H]1COC2(CCC(C)CC2)N1C(=O)c1ccccc1F. The lowest BCUT2D eigenvalue weighted by Gasteiger charge is -2.43. The number of rotatable bonds is 6. The van der Waals surface area contributed by atoms with Gasteiger partial charge in [-0.2, -0.15) is 0 Å². The van der Waals surface area contributed by atoms with Gasteiger partial charge in [0.05, 0.1) is 12.2 Å². The molecule has 0 aromatic heterocycles. The maximum atomic E-state index is 14.5. The van der Waals surface area contributed by atoms with Crippen LogP contribution in [0.25, 0.3) is 0 Å². The van der Waals surface area contributed by atoms with E-state index in [1.54, 1.807) is 17.0 Å². The first kappa shape index (κ1) is 21.8. The van der Waals surface area contributed by atoms with Gasteiger partial charge in [0.1, 0.15) is 17.6 Å². The Bertz CT molecular complexity index is 725. The molecular weight excluding hydrogens is 371 g/mol. The number of halogens is 1. The summed E-state index contributed by atoms with van der Waals surface area (Å²) < 4.78 is 20.7. The Morgan fingerprint density at radius 1 is 1.17 bits per heavy atom. The van der Waals surface area contributed by atoms with E-state index in [2.05, 4.69) is 6.92 Å². The highest BCUT2D eigenvalue weighted by Crippen LogP contribution is 2.43. The first-order valence-electron chi connectivity index (χ1n) is 10.9. The number of benzene rings is 1. The van der Waals surface area contributed by atoms with Crippen LogP contribution in [0.3, 0.4) is 0 Å². The fourth-order valence-electron chi connectivity index (χ4n) is 4.62. The Morgan fingerprint density at radius 2 is 1.79 bits per heavy atom. The van der Waals surface area contributed by atoms with Crippen molar-refractivity contribution in [3.8, 4) is 0 Å². The molecule has 1 aliphatic heterocycles. The van der Waals surface area contributed by atoms with Crippen LogP contribution in [0.1, 0.15) is 69.7 Å². The Labute approximate surface area is 173 Å². The quantitative estimate of drug-likeness (QED) is 0.713. The molecule has 5 nitrogen and oxygen atoms in total. The molecule has 1 aromatic rings. The number of nitrogens with zero attached hydrogens (tertiary/aromatic N) is 2. The van der Waals surface area contributed by atoms with Gasteiger partial charge in [0.25, 0.3) is 5.91 Å². The molecule has 6 heteroatoms. The van der Waals surface area contributed by atoms with Crippen LogP contribution >= 0.6 is 0 Å². The Kier molecular flexibility index (Phi) is 6.93. The second-order valence-electron chi connectivity index (χ2n) is 8.44. The number of carbonyl (C=O) groups is 2. The molecule has 1 saturated heterocycles. The van der Waals surface area contributed by atoms with Crippen LogP contribution in [0.4, 0.5) is 4.39 Å². The minimum atomic E-state index is -0.809. The zero-order chi connectivity index (χ0) is 21.0. The third kappa shape index (κ3) is 4.32. The van der Waals surface area contributed by atoms with E-state index in [1.807, 2.05) is 18.7 Å². The van der Waals surface area contributed by atoms with Gasteiger partial charge in [-0.25, -0.2) is 4.39 Å². The number of amides is 2. The summed E-state index contributed by atoms with van der Waals surface area (Å²) >= 11 is 0. The lowest BCUT2D eigenvalue weighted by atomic mass is 9.83. The summed E-state index contributed by atoms with van der Waals surface area (Å²) in [6.07, 6.45) is 4.91. The molecule has 160 valence electrons. The van der Waals surface area contributed by atoms with Crippen LogP contribution in [-0.4, -0.2) is 53.1 Å². The zero-order valence-electron chi connectivity index (χ0n) is 17.8. The van der Waals surface area contributed by atoms with E-state index in [9.17, 15) is 14.0 Å². The van der Waals surface area contributed by atoms with Gasteiger partial charge in [0, 0.05) is 13.1 Å². The van der Waals surface area contributed by atoms with Crippen LogP contribution in [0, 0.1) is 11.7 Å². The largest absolute Gasteiger partial charge is 0.353 e. The monoisotopic (exact) mass is 404 g/mol. The zero-order valence-corrected chi connectivity index (χ0v) is 17.8. The first-order chi connectivity index (χ1) is 13.9. The molecule has 2 aliphatic rings. The maximum Gasteiger partial charge on any atom is 0.259 e. The fourth-order valence-corrected chi connectivity index (χ4v) is 4.62. The third-order valence-corrected chi connectivity index (χ3v) is 6.22. The molecule has 2 fully saturated rings. The Morgan fingerprint density at radius 3 is 2.38 bits per heavy atom. The van der Waals surface area contributed by atoms with E-state index in [0.717, 1.165) is 25.7 Å². The van der Waals surface area contributed by atoms with E-state index in [0.29, 0.717) is 31.8 Å². The lowest BCUT2D eigenvalue weighted by Crippen LogP contribution is -2.57. The van der Waals surface area contributed by atoms with Crippen molar-refractivity contribution in [3.05, 3.63) is 35.6 Å². The molecule has 0 N–H and O–H groups in total. The van der Waals surface area contributed by atoms with Crippen molar-refractivity contribution < 1.29 is 18.7 Å². The van der Waals surface area contributed by atoms with Gasteiger partial charge in [0.15, 0.2) is 0 Å². The highest BCUT2D eigenvalue weighted by atomic mass is 19.1.